The first-order valence-electron chi connectivity index (χ1n) is 8.14. The summed E-state index contributed by atoms with van der Waals surface area (Å²) in [5, 5.41) is 4.61. The predicted octanol–water partition coefficient (Wildman–Crippen LogP) is 2.64. The third-order valence-electron chi connectivity index (χ3n) is 4.55. The molecule has 1 aliphatic heterocycles. The minimum absolute atomic E-state index is 0.700. The zero-order chi connectivity index (χ0) is 14.5. The van der Waals surface area contributed by atoms with E-state index in [4.69, 9.17) is 5.73 Å². The fraction of sp³-hybridized carbons (Fsp3) is 0.812. The molecule has 1 unspecified atom stereocenters. The number of hydrogen-bond acceptors (Lipinski definition) is 3. The smallest absolute Gasteiger partial charge is 0.130 e. The number of nitrogens with zero attached hydrogens (tertiary/aromatic N) is 3. The van der Waals surface area contributed by atoms with Crippen LogP contribution >= 0.6 is 0 Å². The molecule has 1 aliphatic rings. The van der Waals surface area contributed by atoms with Crippen LogP contribution in [0.2, 0.25) is 0 Å². The molecule has 4 heteroatoms. The fourth-order valence-electron chi connectivity index (χ4n) is 3.60. The van der Waals surface area contributed by atoms with E-state index in [9.17, 15) is 0 Å². The van der Waals surface area contributed by atoms with Gasteiger partial charge in [0.25, 0.3) is 0 Å². The van der Waals surface area contributed by atoms with Crippen molar-refractivity contribution < 1.29 is 0 Å². The Hall–Kier alpha value is -1.03. The topological polar surface area (TPSA) is 47.1 Å². The summed E-state index contributed by atoms with van der Waals surface area (Å²) in [5.41, 5.74) is 8.27. The maximum absolute atomic E-state index is 5.77. The van der Waals surface area contributed by atoms with E-state index in [0.29, 0.717) is 6.54 Å². The van der Waals surface area contributed by atoms with Gasteiger partial charge >= 0.3 is 0 Å². The molecule has 0 bridgehead atoms. The molecule has 0 aromatic carbocycles. The lowest BCUT2D eigenvalue weighted by Crippen LogP contribution is -2.27. The predicted molar refractivity (Wildman–Crippen MR) is 85.2 cm³/mol. The highest BCUT2D eigenvalue weighted by Crippen LogP contribution is 2.29. The zero-order valence-electron chi connectivity index (χ0n) is 13.4. The van der Waals surface area contributed by atoms with Crippen LogP contribution in [0.3, 0.4) is 0 Å². The van der Waals surface area contributed by atoms with E-state index in [-0.39, 0.29) is 0 Å². The Bertz CT molecular complexity index is 424. The zero-order valence-corrected chi connectivity index (χ0v) is 13.4. The molecule has 0 saturated carbocycles. The maximum atomic E-state index is 5.77. The Kier molecular flexibility index (Phi) is 5.46. The number of aromatic nitrogens is 2. The van der Waals surface area contributed by atoms with Crippen molar-refractivity contribution in [2.75, 3.05) is 24.5 Å². The van der Waals surface area contributed by atoms with Crippen LogP contribution in [-0.4, -0.2) is 29.4 Å². The molecule has 114 valence electrons. The van der Waals surface area contributed by atoms with Crippen LogP contribution in [0.5, 0.6) is 0 Å². The average molecular weight is 278 g/mol. The molecule has 0 amide bonds. The Morgan fingerprint density at radius 1 is 1.30 bits per heavy atom. The van der Waals surface area contributed by atoms with Crippen LogP contribution in [0.15, 0.2) is 0 Å². The molecule has 2 heterocycles. The summed E-state index contributed by atoms with van der Waals surface area (Å²) >= 11 is 0. The van der Waals surface area contributed by atoms with Crippen molar-refractivity contribution in [2.24, 2.45) is 18.7 Å². The molecule has 0 radical (unpaired) electrons. The van der Waals surface area contributed by atoms with Gasteiger partial charge in [0.15, 0.2) is 0 Å². The van der Waals surface area contributed by atoms with Crippen molar-refractivity contribution >= 4 is 5.82 Å². The molecule has 2 rings (SSSR count). The van der Waals surface area contributed by atoms with Crippen LogP contribution < -0.4 is 10.6 Å². The van der Waals surface area contributed by atoms with E-state index >= 15 is 0 Å². The highest BCUT2D eigenvalue weighted by molar-refractivity contribution is 5.50. The van der Waals surface area contributed by atoms with Crippen molar-refractivity contribution in [3.05, 3.63) is 11.3 Å². The lowest BCUT2D eigenvalue weighted by Gasteiger charge is -2.24. The lowest BCUT2D eigenvalue weighted by molar-refractivity contribution is 0.435. The number of hydrogen-bond donors (Lipinski definition) is 1. The quantitative estimate of drug-likeness (QED) is 0.900. The second-order valence-corrected chi connectivity index (χ2v) is 6.12. The van der Waals surface area contributed by atoms with Crippen molar-refractivity contribution in [1.82, 2.24) is 9.78 Å². The molecule has 1 atom stereocenters. The van der Waals surface area contributed by atoms with Gasteiger partial charge in [-0.3, -0.25) is 4.68 Å². The van der Waals surface area contributed by atoms with Crippen molar-refractivity contribution in [2.45, 2.75) is 52.4 Å². The largest absolute Gasteiger partial charge is 0.357 e. The van der Waals surface area contributed by atoms with Gasteiger partial charge in [-0.1, -0.05) is 19.8 Å². The average Bonchev–Trinajstić information content (AvgIpc) is 2.59. The van der Waals surface area contributed by atoms with E-state index in [0.717, 1.165) is 24.6 Å². The molecule has 0 spiro atoms. The van der Waals surface area contributed by atoms with Crippen LogP contribution in [0, 0.1) is 12.8 Å². The van der Waals surface area contributed by atoms with E-state index in [1.54, 1.807) is 0 Å². The van der Waals surface area contributed by atoms with Crippen LogP contribution in [-0.2, 0) is 13.5 Å². The van der Waals surface area contributed by atoms with Crippen LogP contribution in [0.1, 0.15) is 50.3 Å². The van der Waals surface area contributed by atoms with Gasteiger partial charge in [0, 0.05) is 25.7 Å². The lowest BCUT2D eigenvalue weighted by atomic mass is 9.96. The van der Waals surface area contributed by atoms with Crippen molar-refractivity contribution in [3.63, 3.8) is 0 Å². The van der Waals surface area contributed by atoms with Crippen LogP contribution in [0.4, 0.5) is 5.82 Å². The van der Waals surface area contributed by atoms with E-state index in [1.165, 1.54) is 50.0 Å². The molecular formula is C16H30N4. The van der Waals surface area contributed by atoms with Gasteiger partial charge in [-0.2, -0.15) is 5.10 Å². The fourth-order valence-corrected chi connectivity index (χ4v) is 3.60. The molecular weight excluding hydrogens is 248 g/mol. The molecule has 1 saturated heterocycles. The summed E-state index contributed by atoms with van der Waals surface area (Å²) in [6.07, 6.45) is 7.64. The summed E-state index contributed by atoms with van der Waals surface area (Å²) in [6, 6.07) is 0. The highest BCUT2D eigenvalue weighted by Gasteiger charge is 2.22. The van der Waals surface area contributed by atoms with Crippen LogP contribution in [0.25, 0.3) is 0 Å². The second kappa shape index (κ2) is 7.11. The Morgan fingerprint density at radius 2 is 2.10 bits per heavy atom. The number of nitrogens with two attached hydrogens (primary N) is 1. The number of aryl methyl sites for hydroxylation is 2. The molecule has 4 nitrogen and oxygen atoms in total. The van der Waals surface area contributed by atoms with Gasteiger partial charge in [0.2, 0.25) is 0 Å². The van der Waals surface area contributed by atoms with Gasteiger partial charge in [-0.25, -0.2) is 0 Å². The molecule has 20 heavy (non-hydrogen) atoms. The maximum Gasteiger partial charge on any atom is 0.130 e. The summed E-state index contributed by atoms with van der Waals surface area (Å²) in [6.45, 7) is 7.43. The van der Waals surface area contributed by atoms with E-state index in [1.807, 2.05) is 0 Å². The van der Waals surface area contributed by atoms with Crippen molar-refractivity contribution in [3.8, 4) is 0 Å². The normalized spacial score (nSPS) is 20.2. The number of rotatable bonds is 5. The molecule has 1 aromatic heterocycles. The Labute approximate surface area is 123 Å². The standard InChI is InChI=1S/C16H30N4/c1-4-6-14-7-5-11-20(12-9-14)16-15(8-10-17)13(2)18-19(16)3/h14H,4-12,17H2,1-3H3. The monoisotopic (exact) mass is 278 g/mol. The summed E-state index contributed by atoms with van der Waals surface area (Å²) in [7, 11) is 2.07. The van der Waals surface area contributed by atoms with Gasteiger partial charge in [-0.05, 0) is 45.1 Å². The molecule has 1 aromatic rings. The summed E-state index contributed by atoms with van der Waals surface area (Å²) in [4.78, 5) is 2.54. The molecule has 2 N–H and O–H groups in total. The first-order valence-corrected chi connectivity index (χ1v) is 8.14. The SMILES string of the molecule is CCCC1CCCN(c2c(CCN)c(C)nn2C)CC1. The van der Waals surface area contributed by atoms with Gasteiger partial charge < -0.3 is 10.6 Å². The third-order valence-corrected chi connectivity index (χ3v) is 4.55. The first kappa shape index (κ1) is 15.4. The van der Waals surface area contributed by atoms with Gasteiger partial charge in [-0.15, -0.1) is 0 Å². The van der Waals surface area contributed by atoms with E-state index < -0.39 is 0 Å². The van der Waals surface area contributed by atoms with Gasteiger partial charge in [0.05, 0.1) is 5.69 Å². The van der Waals surface area contributed by atoms with Crippen molar-refractivity contribution in [1.29, 1.82) is 0 Å². The van der Waals surface area contributed by atoms with E-state index in [2.05, 4.69) is 35.6 Å². The summed E-state index contributed by atoms with van der Waals surface area (Å²) in [5.74, 6) is 2.22. The highest BCUT2D eigenvalue weighted by atomic mass is 15.4. The molecule has 1 fully saturated rings. The Balaban J connectivity index is 2.15. The minimum Gasteiger partial charge on any atom is -0.357 e. The second-order valence-electron chi connectivity index (χ2n) is 6.12. The molecule has 0 aliphatic carbocycles. The first-order chi connectivity index (χ1) is 9.67. The number of anilines is 1. The third kappa shape index (κ3) is 3.35. The minimum atomic E-state index is 0.700. The Morgan fingerprint density at radius 3 is 2.80 bits per heavy atom. The van der Waals surface area contributed by atoms with Gasteiger partial charge in [0.1, 0.15) is 5.82 Å². The summed E-state index contributed by atoms with van der Waals surface area (Å²) < 4.78 is 2.06.